The predicted octanol–water partition coefficient (Wildman–Crippen LogP) is 3.26. The fraction of sp³-hybridized carbons (Fsp3) is 0.0769. The fourth-order valence-electron chi connectivity index (χ4n) is 1.73. The lowest BCUT2D eigenvalue weighted by Crippen LogP contribution is -1.88. The maximum Gasteiger partial charge on any atom is 0.159 e. The Balaban J connectivity index is 2.08. The van der Waals surface area contributed by atoms with E-state index in [1.54, 1.807) is 11.8 Å². The molecule has 18 heavy (non-hydrogen) atoms. The van der Waals surface area contributed by atoms with E-state index in [9.17, 15) is 0 Å². The first-order valence-corrected chi connectivity index (χ1v) is 6.31. The SMILES string of the molecule is Cc1ccccc1Sc1ccc(N)c2nonc12. The van der Waals surface area contributed by atoms with Crippen molar-refractivity contribution in [3.05, 3.63) is 42.0 Å². The minimum absolute atomic E-state index is 0.584. The molecule has 4 nitrogen and oxygen atoms in total. The number of rotatable bonds is 2. The first-order chi connectivity index (χ1) is 8.75. The smallest absolute Gasteiger partial charge is 0.159 e. The van der Waals surface area contributed by atoms with E-state index in [0.717, 1.165) is 4.90 Å². The van der Waals surface area contributed by atoms with Crippen molar-refractivity contribution in [2.24, 2.45) is 0 Å². The summed E-state index contributed by atoms with van der Waals surface area (Å²) >= 11 is 1.64. The Kier molecular flexibility index (Phi) is 2.68. The van der Waals surface area contributed by atoms with Gasteiger partial charge in [0.25, 0.3) is 0 Å². The average molecular weight is 257 g/mol. The van der Waals surface area contributed by atoms with Gasteiger partial charge in [-0.2, -0.15) is 0 Å². The Labute approximate surface area is 108 Å². The molecular weight excluding hydrogens is 246 g/mol. The molecule has 3 aromatic rings. The second kappa shape index (κ2) is 4.34. The average Bonchev–Trinajstić information content (AvgIpc) is 2.85. The van der Waals surface area contributed by atoms with Gasteiger partial charge in [-0.3, -0.25) is 0 Å². The van der Waals surface area contributed by atoms with Crippen LogP contribution in [-0.4, -0.2) is 10.3 Å². The van der Waals surface area contributed by atoms with Gasteiger partial charge < -0.3 is 5.73 Å². The number of nitrogens with two attached hydrogens (primary N) is 1. The maximum absolute atomic E-state index is 5.82. The minimum atomic E-state index is 0.584. The van der Waals surface area contributed by atoms with Crippen LogP contribution in [-0.2, 0) is 0 Å². The molecule has 5 heteroatoms. The lowest BCUT2D eigenvalue weighted by Gasteiger charge is -2.05. The Morgan fingerprint density at radius 2 is 1.78 bits per heavy atom. The van der Waals surface area contributed by atoms with Crippen LogP contribution in [0.1, 0.15) is 5.56 Å². The topological polar surface area (TPSA) is 64.9 Å². The van der Waals surface area contributed by atoms with E-state index in [0.29, 0.717) is 16.7 Å². The van der Waals surface area contributed by atoms with Crippen LogP contribution in [0.4, 0.5) is 5.69 Å². The molecule has 0 spiro atoms. The third kappa shape index (κ3) is 1.82. The fourth-order valence-corrected chi connectivity index (χ4v) is 2.71. The van der Waals surface area contributed by atoms with Crippen molar-refractivity contribution in [1.82, 2.24) is 10.3 Å². The summed E-state index contributed by atoms with van der Waals surface area (Å²) in [5, 5.41) is 7.74. The van der Waals surface area contributed by atoms with Gasteiger partial charge in [0.2, 0.25) is 0 Å². The van der Waals surface area contributed by atoms with E-state index >= 15 is 0 Å². The van der Waals surface area contributed by atoms with Crippen LogP contribution in [0.15, 0.2) is 50.8 Å². The molecule has 2 N–H and O–H groups in total. The molecule has 0 aliphatic carbocycles. The Hall–Kier alpha value is -2.01. The molecular formula is C13H11N3OS. The molecule has 0 saturated carbocycles. The van der Waals surface area contributed by atoms with Crippen molar-refractivity contribution >= 4 is 28.5 Å². The van der Waals surface area contributed by atoms with Crippen LogP contribution in [0.3, 0.4) is 0 Å². The highest BCUT2D eigenvalue weighted by atomic mass is 32.2. The normalized spacial score (nSPS) is 10.9. The second-order valence-electron chi connectivity index (χ2n) is 3.98. The number of aryl methyl sites for hydroxylation is 1. The summed E-state index contributed by atoms with van der Waals surface area (Å²) < 4.78 is 4.76. The molecule has 0 aliphatic rings. The Morgan fingerprint density at radius 3 is 2.61 bits per heavy atom. The van der Waals surface area contributed by atoms with Gasteiger partial charge in [-0.15, -0.1) is 0 Å². The summed E-state index contributed by atoms with van der Waals surface area (Å²) in [6.45, 7) is 2.08. The number of benzene rings is 2. The lowest BCUT2D eigenvalue weighted by molar-refractivity contribution is 0.315. The van der Waals surface area contributed by atoms with Crippen molar-refractivity contribution in [2.45, 2.75) is 16.7 Å². The molecule has 0 aliphatic heterocycles. The quantitative estimate of drug-likeness (QED) is 0.714. The molecule has 0 fully saturated rings. The summed E-state index contributed by atoms with van der Waals surface area (Å²) in [5.41, 5.74) is 8.96. The number of fused-ring (bicyclic) bond motifs is 1. The maximum atomic E-state index is 5.82. The molecule has 1 aromatic heterocycles. The highest BCUT2D eigenvalue weighted by molar-refractivity contribution is 7.99. The van der Waals surface area contributed by atoms with Crippen LogP contribution >= 0.6 is 11.8 Å². The van der Waals surface area contributed by atoms with Crippen LogP contribution < -0.4 is 5.73 Å². The number of nitrogen functional groups attached to an aromatic ring is 1. The zero-order valence-electron chi connectivity index (χ0n) is 9.75. The lowest BCUT2D eigenvalue weighted by atomic mass is 10.2. The van der Waals surface area contributed by atoms with Gasteiger partial charge in [0.15, 0.2) is 11.0 Å². The van der Waals surface area contributed by atoms with Crippen molar-refractivity contribution < 1.29 is 4.63 Å². The molecule has 3 rings (SSSR count). The zero-order valence-corrected chi connectivity index (χ0v) is 10.6. The molecule has 2 aromatic carbocycles. The third-order valence-electron chi connectivity index (χ3n) is 2.72. The first-order valence-electron chi connectivity index (χ1n) is 5.50. The van der Waals surface area contributed by atoms with Crippen LogP contribution in [0.5, 0.6) is 0 Å². The van der Waals surface area contributed by atoms with Crippen molar-refractivity contribution in [3.63, 3.8) is 0 Å². The van der Waals surface area contributed by atoms with Crippen molar-refractivity contribution in [2.75, 3.05) is 5.73 Å². The highest BCUT2D eigenvalue weighted by Crippen LogP contribution is 2.35. The van der Waals surface area contributed by atoms with E-state index in [-0.39, 0.29) is 0 Å². The van der Waals surface area contributed by atoms with Crippen molar-refractivity contribution in [1.29, 1.82) is 0 Å². The number of hydrogen-bond donors (Lipinski definition) is 1. The third-order valence-corrected chi connectivity index (χ3v) is 3.95. The van der Waals surface area contributed by atoms with Gasteiger partial charge in [-0.05, 0) is 41.0 Å². The molecule has 0 bridgehead atoms. The van der Waals surface area contributed by atoms with Crippen molar-refractivity contribution in [3.8, 4) is 0 Å². The predicted molar refractivity (Wildman–Crippen MR) is 71.5 cm³/mol. The van der Waals surface area contributed by atoms with E-state index in [1.807, 2.05) is 24.3 Å². The van der Waals surface area contributed by atoms with Gasteiger partial charge in [-0.1, -0.05) is 30.0 Å². The minimum Gasteiger partial charge on any atom is -0.397 e. The summed E-state index contributed by atoms with van der Waals surface area (Å²) in [4.78, 5) is 2.18. The highest BCUT2D eigenvalue weighted by Gasteiger charge is 2.11. The van der Waals surface area contributed by atoms with Gasteiger partial charge in [0.1, 0.15) is 0 Å². The largest absolute Gasteiger partial charge is 0.397 e. The molecule has 0 radical (unpaired) electrons. The monoisotopic (exact) mass is 257 g/mol. The van der Waals surface area contributed by atoms with Crippen LogP contribution in [0.25, 0.3) is 11.0 Å². The molecule has 1 heterocycles. The number of hydrogen-bond acceptors (Lipinski definition) is 5. The van der Waals surface area contributed by atoms with Gasteiger partial charge in [-0.25, -0.2) is 4.63 Å². The molecule has 0 saturated heterocycles. The molecule has 0 amide bonds. The summed E-state index contributed by atoms with van der Waals surface area (Å²) in [6, 6.07) is 12.0. The Morgan fingerprint density at radius 1 is 1.00 bits per heavy atom. The molecule has 90 valence electrons. The van der Waals surface area contributed by atoms with Gasteiger partial charge in [0, 0.05) is 9.79 Å². The van der Waals surface area contributed by atoms with E-state index in [1.165, 1.54) is 10.5 Å². The van der Waals surface area contributed by atoms with Crippen LogP contribution in [0.2, 0.25) is 0 Å². The molecule has 0 atom stereocenters. The van der Waals surface area contributed by atoms with Gasteiger partial charge >= 0.3 is 0 Å². The number of nitrogens with zero attached hydrogens (tertiary/aromatic N) is 2. The Bertz CT molecular complexity index is 708. The number of anilines is 1. The second-order valence-corrected chi connectivity index (χ2v) is 5.07. The van der Waals surface area contributed by atoms with Crippen LogP contribution in [0, 0.1) is 6.92 Å². The van der Waals surface area contributed by atoms with Gasteiger partial charge in [0.05, 0.1) is 5.69 Å². The van der Waals surface area contributed by atoms with E-state index in [2.05, 4.69) is 29.4 Å². The summed E-state index contributed by atoms with van der Waals surface area (Å²) in [7, 11) is 0. The molecule has 0 unspecified atom stereocenters. The summed E-state index contributed by atoms with van der Waals surface area (Å²) in [6.07, 6.45) is 0. The van der Waals surface area contributed by atoms with E-state index < -0.39 is 0 Å². The standard InChI is InChI=1S/C13H11N3OS/c1-8-4-2-3-5-10(8)18-11-7-6-9(14)12-13(11)16-17-15-12/h2-7H,14H2,1H3. The first kappa shape index (κ1) is 11.1. The summed E-state index contributed by atoms with van der Waals surface area (Å²) in [5.74, 6) is 0. The van der Waals surface area contributed by atoms with E-state index in [4.69, 9.17) is 10.4 Å². The number of aromatic nitrogens is 2. The zero-order chi connectivity index (χ0) is 12.5.